The zero-order valence-electron chi connectivity index (χ0n) is 11.7. The number of fused-ring (bicyclic) bond motifs is 1. The van der Waals surface area contributed by atoms with Crippen LogP contribution in [0.3, 0.4) is 0 Å². The van der Waals surface area contributed by atoms with Crippen molar-refractivity contribution in [1.29, 1.82) is 0 Å². The first kappa shape index (κ1) is 16.3. The van der Waals surface area contributed by atoms with Crippen LogP contribution < -0.4 is 11.1 Å². The number of ether oxygens (including phenoxy) is 1. The van der Waals surface area contributed by atoms with E-state index in [0.717, 1.165) is 4.90 Å². The fraction of sp³-hybridized carbons (Fsp3) is 0.500. The lowest BCUT2D eigenvalue weighted by molar-refractivity contribution is -0.150. The number of nitrogens with two attached hydrogens (primary N) is 1. The lowest BCUT2D eigenvalue weighted by Crippen LogP contribution is -2.71. The van der Waals surface area contributed by atoms with Gasteiger partial charge in [-0.2, -0.15) is 0 Å². The Morgan fingerprint density at radius 1 is 1.50 bits per heavy atom. The Balaban J connectivity index is 2.19. The minimum absolute atomic E-state index is 0.180. The van der Waals surface area contributed by atoms with Crippen LogP contribution in [0.4, 0.5) is 0 Å². The van der Waals surface area contributed by atoms with Gasteiger partial charge >= 0.3 is 11.9 Å². The van der Waals surface area contributed by atoms with Crippen LogP contribution >= 0.6 is 11.8 Å². The van der Waals surface area contributed by atoms with Crippen LogP contribution in [0.15, 0.2) is 11.3 Å². The maximum atomic E-state index is 12.1. The number of carboxylic acids is 1. The predicted octanol–water partition coefficient (Wildman–Crippen LogP) is -1.75. The summed E-state index contributed by atoms with van der Waals surface area (Å²) in [5.41, 5.74) is 5.34. The van der Waals surface area contributed by atoms with E-state index in [2.05, 4.69) is 5.32 Å². The summed E-state index contributed by atoms with van der Waals surface area (Å²) in [5, 5.41) is 11.3. The van der Waals surface area contributed by atoms with Crippen LogP contribution in [0.1, 0.15) is 6.92 Å². The van der Waals surface area contributed by atoms with Gasteiger partial charge in [-0.1, -0.05) is 0 Å². The standard InChI is InChI=1S/C12H15N3O6S/c1-5(16)21-3-6-4-22-11-8(14-7(17)2-13)10(18)15(11)9(6)12(19)20/h8,11H,2-4,13H2,1H3,(H,14,17)(H,19,20)/t8-,11-/m1/s1. The maximum Gasteiger partial charge on any atom is 0.352 e. The smallest absolute Gasteiger partial charge is 0.352 e. The fourth-order valence-corrected chi connectivity index (χ4v) is 3.54. The van der Waals surface area contributed by atoms with Crippen LogP contribution in [0.2, 0.25) is 0 Å². The molecular weight excluding hydrogens is 314 g/mol. The van der Waals surface area contributed by atoms with Gasteiger partial charge in [0.1, 0.15) is 23.7 Å². The van der Waals surface area contributed by atoms with Crippen molar-refractivity contribution < 1.29 is 29.0 Å². The molecule has 2 atom stereocenters. The molecule has 4 N–H and O–H groups in total. The number of thioether (sulfide) groups is 1. The van der Waals surface area contributed by atoms with Crippen LogP contribution in [-0.4, -0.2) is 64.1 Å². The molecule has 0 saturated carbocycles. The van der Waals surface area contributed by atoms with E-state index in [-0.39, 0.29) is 18.8 Å². The van der Waals surface area contributed by atoms with Gasteiger partial charge in [-0.15, -0.1) is 11.8 Å². The largest absolute Gasteiger partial charge is 0.477 e. The summed E-state index contributed by atoms with van der Waals surface area (Å²) in [6.45, 7) is 0.785. The first-order chi connectivity index (χ1) is 10.4. The molecule has 1 saturated heterocycles. The summed E-state index contributed by atoms with van der Waals surface area (Å²) in [5.74, 6) is -2.52. The number of carboxylic acid groups (broad SMARTS) is 1. The van der Waals surface area contributed by atoms with Crippen molar-refractivity contribution in [2.75, 3.05) is 18.9 Å². The summed E-state index contributed by atoms with van der Waals surface area (Å²) in [4.78, 5) is 46.8. The highest BCUT2D eigenvalue weighted by Crippen LogP contribution is 2.40. The van der Waals surface area contributed by atoms with E-state index in [1.165, 1.54) is 18.7 Å². The molecule has 0 bridgehead atoms. The van der Waals surface area contributed by atoms with E-state index in [1.54, 1.807) is 0 Å². The number of hydrogen-bond acceptors (Lipinski definition) is 7. The Morgan fingerprint density at radius 2 is 2.18 bits per heavy atom. The SMILES string of the molecule is CC(=O)OCC1=C(C(=O)O)N2C(=O)[C@@H](NC(=O)CN)[C@H]2SC1. The molecule has 0 spiro atoms. The molecule has 0 aromatic heterocycles. The first-order valence-electron chi connectivity index (χ1n) is 6.39. The number of amides is 2. The molecule has 2 aliphatic heterocycles. The quantitative estimate of drug-likeness (QED) is 0.398. The summed E-state index contributed by atoms with van der Waals surface area (Å²) in [6.07, 6.45) is 0. The van der Waals surface area contributed by atoms with Crippen molar-refractivity contribution in [3.63, 3.8) is 0 Å². The molecular formula is C12H15N3O6S. The second-order valence-electron chi connectivity index (χ2n) is 4.70. The fourth-order valence-electron chi connectivity index (χ4n) is 2.22. The number of aliphatic carboxylic acids is 1. The molecule has 0 aliphatic carbocycles. The number of esters is 1. The second kappa shape index (κ2) is 6.36. The van der Waals surface area contributed by atoms with Crippen LogP contribution in [-0.2, 0) is 23.9 Å². The van der Waals surface area contributed by atoms with E-state index in [1.807, 2.05) is 0 Å². The molecule has 0 aromatic carbocycles. The van der Waals surface area contributed by atoms with E-state index >= 15 is 0 Å². The molecule has 120 valence electrons. The van der Waals surface area contributed by atoms with Crippen molar-refractivity contribution in [1.82, 2.24) is 10.2 Å². The normalized spacial score (nSPS) is 23.5. The zero-order valence-corrected chi connectivity index (χ0v) is 12.5. The minimum Gasteiger partial charge on any atom is -0.477 e. The van der Waals surface area contributed by atoms with Crippen LogP contribution in [0.5, 0.6) is 0 Å². The molecule has 2 amide bonds. The molecule has 10 heteroatoms. The third-order valence-corrected chi connectivity index (χ3v) is 4.54. The van der Waals surface area contributed by atoms with E-state index in [9.17, 15) is 24.3 Å². The number of hydrogen-bond donors (Lipinski definition) is 3. The molecule has 0 radical (unpaired) electrons. The van der Waals surface area contributed by atoms with E-state index in [0.29, 0.717) is 11.3 Å². The summed E-state index contributed by atoms with van der Waals surface area (Å²) in [7, 11) is 0. The van der Waals surface area contributed by atoms with Crippen molar-refractivity contribution in [3.05, 3.63) is 11.3 Å². The molecule has 0 unspecified atom stereocenters. The Kier molecular flexibility index (Phi) is 4.71. The Hall–Kier alpha value is -2.07. The van der Waals surface area contributed by atoms with Crippen molar-refractivity contribution in [2.45, 2.75) is 18.3 Å². The Bertz CT molecular complexity index is 575. The van der Waals surface area contributed by atoms with Crippen molar-refractivity contribution >= 4 is 35.5 Å². The Morgan fingerprint density at radius 3 is 2.73 bits per heavy atom. The monoisotopic (exact) mass is 329 g/mol. The highest BCUT2D eigenvalue weighted by atomic mass is 32.2. The van der Waals surface area contributed by atoms with Gasteiger partial charge in [0.05, 0.1) is 6.54 Å². The molecule has 2 aliphatic rings. The number of rotatable bonds is 5. The number of carbonyl (C=O) groups is 4. The van der Waals surface area contributed by atoms with E-state index < -0.39 is 35.2 Å². The minimum atomic E-state index is -1.27. The van der Waals surface area contributed by atoms with Gasteiger partial charge in [0.2, 0.25) is 5.91 Å². The van der Waals surface area contributed by atoms with Crippen LogP contribution in [0, 0.1) is 0 Å². The Labute approximate surface area is 129 Å². The van der Waals surface area contributed by atoms with Crippen molar-refractivity contribution in [2.24, 2.45) is 5.73 Å². The number of β-lactam (4-membered cyclic amide) rings is 1. The molecule has 0 aromatic rings. The average Bonchev–Trinajstić information content (AvgIpc) is 2.48. The summed E-state index contributed by atoms with van der Waals surface area (Å²) in [6, 6.07) is -0.786. The van der Waals surface area contributed by atoms with Gasteiger partial charge in [0, 0.05) is 18.2 Å². The van der Waals surface area contributed by atoms with Gasteiger partial charge in [-0.25, -0.2) is 4.79 Å². The highest BCUT2D eigenvalue weighted by Gasteiger charge is 2.54. The number of carbonyl (C=O) groups excluding carboxylic acids is 3. The van der Waals surface area contributed by atoms with Crippen LogP contribution in [0.25, 0.3) is 0 Å². The second-order valence-corrected chi connectivity index (χ2v) is 5.80. The summed E-state index contributed by atoms with van der Waals surface area (Å²) >= 11 is 1.30. The van der Waals surface area contributed by atoms with Gasteiger partial charge < -0.3 is 20.9 Å². The first-order valence-corrected chi connectivity index (χ1v) is 7.44. The lowest BCUT2D eigenvalue weighted by Gasteiger charge is -2.49. The third-order valence-electron chi connectivity index (χ3n) is 3.20. The average molecular weight is 329 g/mol. The molecule has 1 fully saturated rings. The number of nitrogens with zero attached hydrogens (tertiary/aromatic N) is 1. The molecule has 2 rings (SSSR count). The van der Waals surface area contributed by atoms with Gasteiger partial charge in [0.25, 0.3) is 5.91 Å². The third kappa shape index (κ3) is 2.92. The molecule has 2 heterocycles. The lowest BCUT2D eigenvalue weighted by atomic mass is 10.0. The highest BCUT2D eigenvalue weighted by molar-refractivity contribution is 8.00. The maximum absolute atomic E-state index is 12.1. The topological polar surface area (TPSA) is 139 Å². The zero-order chi connectivity index (χ0) is 16.4. The number of nitrogens with one attached hydrogen (secondary N) is 1. The van der Waals surface area contributed by atoms with Gasteiger partial charge in [0.15, 0.2) is 0 Å². The van der Waals surface area contributed by atoms with Crippen molar-refractivity contribution in [3.8, 4) is 0 Å². The molecule has 9 nitrogen and oxygen atoms in total. The predicted molar refractivity (Wildman–Crippen MR) is 75.4 cm³/mol. The van der Waals surface area contributed by atoms with E-state index in [4.69, 9.17) is 10.5 Å². The molecule has 22 heavy (non-hydrogen) atoms. The van der Waals surface area contributed by atoms with Gasteiger partial charge in [-0.05, 0) is 0 Å². The van der Waals surface area contributed by atoms with Gasteiger partial charge in [-0.3, -0.25) is 19.3 Å². The summed E-state index contributed by atoms with van der Waals surface area (Å²) < 4.78 is 4.82.